The molecule has 3 aliphatic rings. The van der Waals surface area contributed by atoms with E-state index >= 15 is 0 Å². The van der Waals surface area contributed by atoms with E-state index in [0.717, 1.165) is 17.8 Å². The van der Waals surface area contributed by atoms with Gasteiger partial charge < -0.3 is 10.2 Å². The molecular formula is C17H32N2. The number of hydrogen-bond acceptors (Lipinski definition) is 2. The van der Waals surface area contributed by atoms with Crippen LogP contribution in [0.15, 0.2) is 0 Å². The predicted molar refractivity (Wildman–Crippen MR) is 81.3 cm³/mol. The molecule has 0 saturated heterocycles. The van der Waals surface area contributed by atoms with E-state index in [2.05, 4.69) is 24.3 Å². The highest BCUT2D eigenvalue weighted by molar-refractivity contribution is 4.93. The Labute approximate surface area is 119 Å². The maximum absolute atomic E-state index is 3.45. The Morgan fingerprint density at radius 2 is 1.95 bits per heavy atom. The van der Waals surface area contributed by atoms with Crippen LogP contribution in [-0.2, 0) is 0 Å². The fraction of sp³-hybridized carbons (Fsp3) is 1.00. The molecule has 3 unspecified atom stereocenters. The van der Waals surface area contributed by atoms with Crippen LogP contribution in [0.25, 0.3) is 0 Å². The van der Waals surface area contributed by atoms with Crippen molar-refractivity contribution in [3.8, 4) is 0 Å². The van der Waals surface area contributed by atoms with Crippen LogP contribution in [0.4, 0.5) is 0 Å². The first kappa shape index (κ1) is 13.9. The Kier molecular flexibility index (Phi) is 4.19. The van der Waals surface area contributed by atoms with Gasteiger partial charge in [-0.05, 0) is 69.4 Å². The fourth-order valence-corrected chi connectivity index (χ4v) is 5.53. The van der Waals surface area contributed by atoms with Crippen molar-refractivity contribution in [2.45, 2.75) is 51.4 Å². The zero-order chi connectivity index (χ0) is 13.3. The summed E-state index contributed by atoms with van der Waals surface area (Å²) in [6.45, 7) is 3.91. The van der Waals surface area contributed by atoms with Crippen molar-refractivity contribution >= 4 is 0 Å². The lowest BCUT2D eigenvalue weighted by atomic mass is 9.84. The Hall–Kier alpha value is -0.0800. The number of rotatable bonds is 6. The molecule has 2 heteroatoms. The quantitative estimate of drug-likeness (QED) is 0.793. The molecule has 0 spiro atoms. The SMILES string of the molecule is CNCC1(CN(C)CC2CC3CCC2C3)CCCC1. The van der Waals surface area contributed by atoms with Gasteiger partial charge in [-0.2, -0.15) is 0 Å². The van der Waals surface area contributed by atoms with E-state index in [1.165, 1.54) is 64.6 Å². The van der Waals surface area contributed by atoms with Crippen molar-refractivity contribution in [3.05, 3.63) is 0 Å². The van der Waals surface area contributed by atoms with Crippen LogP contribution in [0.3, 0.4) is 0 Å². The molecule has 0 aromatic rings. The topological polar surface area (TPSA) is 15.3 Å². The van der Waals surface area contributed by atoms with Crippen molar-refractivity contribution < 1.29 is 0 Å². The molecule has 2 nitrogen and oxygen atoms in total. The van der Waals surface area contributed by atoms with Crippen LogP contribution in [0.2, 0.25) is 0 Å². The van der Waals surface area contributed by atoms with Gasteiger partial charge in [0.2, 0.25) is 0 Å². The van der Waals surface area contributed by atoms with E-state index in [0.29, 0.717) is 5.41 Å². The molecule has 0 heterocycles. The van der Waals surface area contributed by atoms with Gasteiger partial charge in [-0.15, -0.1) is 0 Å². The summed E-state index contributed by atoms with van der Waals surface area (Å²) in [7, 11) is 4.50. The van der Waals surface area contributed by atoms with E-state index < -0.39 is 0 Å². The van der Waals surface area contributed by atoms with Crippen LogP contribution in [0, 0.1) is 23.2 Å². The summed E-state index contributed by atoms with van der Waals surface area (Å²) in [6, 6.07) is 0. The third-order valence-corrected chi connectivity index (χ3v) is 6.25. The predicted octanol–water partition coefficient (Wildman–Crippen LogP) is 3.13. The number of nitrogens with zero attached hydrogens (tertiary/aromatic N) is 1. The maximum atomic E-state index is 3.45. The van der Waals surface area contributed by atoms with Crippen LogP contribution < -0.4 is 5.32 Å². The molecule has 3 saturated carbocycles. The maximum Gasteiger partial charge on any atom is 0.00472 e. The standard InChI is InChI=1S/C17H32N2/c1-18-12-17(7-3-4-8-17)13-19(2)11-16-10-14-5-6-15(16)9-14/h14-16,18H,3-13H2,1-2H3. The molecule has 0 radical (unpaired) electrons. The van der Waals surface area contributed by atoms with Gasteiger partial charge in [0, 0.05) is 19.6 Å². The fourth-order valence-electron chi connectivity index (χ4n) is 5.53. The Balaban J connectivity index is 1.51. The van der Waals surface area contributed by atoms with Crippen LogP contribution in [0.5, 0.6) is 0 Å². The minimum Gasteiger partial charge on any atom is -0.319 e. The number of nitrogens with one attached hydrogen (secondary N) is 1. The lowest BCUT2D eigenvalue weighted by molar-refractivity contribution is 0.142. The van der Waals surface area contributed by atoms with Crippen molar-refractivity contribution in [1.29, 1.82) is 0 Å². The average Bonchev–Trinajstić information content (AvgIpc) is 3.06. The first-order chi connectivity index (χ1) is 9.21. The second-order valence-electron chi connectivity index (χ2n) is 7.87. The summed E-state index contributed by atoms with van der Waals surface area (Å²) in [6.07, 6.45) is 11.9. The van der Waals surface area contributed by atoms with E-state index in [9.17, 15) is 0 Å². The molecule has 3 aliphatic carbocycles. The number of fused-ring (bicyclic) bond motifs is 2. The molecule has 110 valence electrons. The van der Waals surface area contributed by atoms with E-state index in [1.54, 1.807) is 6.42 Å². The summed E-state index contributed by atoms with van der Waals surface area (Å²) in [4.78, 5) is 2.67. The zero-order valence-electron chi connectivity index (χ0n) is 13.0. The Bertz CT molecular complexity index is 296. The molecule has 0 amide bonds. The van der Waals surface area contributed by atoms with Crippen LogP contribution in [0.1, 0.15) is 51.4 Å². The summed E-state index contributed by atoms with van der Waals surface area (Å²) in [5, 5.41) is 3.45. The van der Waals surface area contributed by atoms with Crippen molar-refractivity contribution in [1.82, 2.24) is 10.2 Å². The second kappa shape index (κ2) is 5.73. The molecule has 0 aromatic heterocycles. The first-order valence-corrected chi connectivity index (χ1v) is 8.54. The van der Waals surface area contributed by atoms with Crippen molar-refractivity contribution in [3.63, 3.8) is 0 Å². The molecule has 0 aromatic carbocycles. The van der Waals surface area contributed by atoms with Gasteiger partial charge in [-0.25, -0.2) is 0 Å². The van der Waals surface area contributed by atoms with Crippen molar-refractivity contribution in [2.75, 3.05) is 33.7 Å². The average molecular weight is 264 g/mol. The zero-order valence-corrected chi connectivity index (χ0v) is 13.0. The highest BCUT2D eigenvalue weighted by atomic mass is 15.1. The molecule has 0 aliphatic heterocycles. The van der Waals surface area contributed by atoms with Crippen molar-refractivity contribution in [2.24, 2.45) is 23.2 Å². The summed E-state index contributed by atoms with van der Waals surface area (Å²) < 4.78 is 0. The Morgan fingerprint density at radius 1 is 1.16 bits per heavy atom. The summed E-state index contributed by atoms with van der Waals surface area (Å²) >= 11 is 0. The van der Waals surface area contributed by atoms with Crippen LogP contribution in [-0.4, -0.2) is 38.6 Å². The van der Waals surface area contributed by atoms with Gasteiger partial charge in [0.1, 0.15) is 0 Å². The minimum atomic E-state index is 0.584. The molecule has 1 N–H and O–H groups in total. The lowest BCUT2D eigenvalue weighted by Gasteiger charge is -2.36. The Morgan fingerprint density at radius 3 is 2.53 bits per heavy atom. The third-order valence-electron chi connectivity index (χ3n) is 6.25. The van der Waals surface area contributed by atoms with Crippen LogP contribution >= 0.6 is 0 Å². The highest BCUT2D eigenvalue weighted by Crippen LogP contribution is 2.48. The van der Waals surface area contributed by atoms with Gasteiger partial charge in [0.25, 0.3) is 0 Å². The monoisotopic (exact) mass is 264 g/mol. The third kappa shape index (κ3) is 3.00. The lowest BCUT2D eigenvalue weighted by Crippen LogP contribution is -2.42. The summed E-state index contributed by atoms with van der Waals surface area (Å²) in [5.74, 6) is 3.20. The van der Waals surface area contributed by atoms with Gasteiger partial charge >= 0.3 is 0 Å². The number of hydrogen-bond donors (Lipinski definition) is 1. The molecule has 3 atom stereocenters. The summed E-state index contributed by atoms with van der Waals surface area (Å²) in [5.41, 5.74) is 0.584. The molecule has 19 heavy (non-hydrogen) atoms. The second-order valence-corrected chi connectivity index (χ2v) is 7.87. The van der Waals surface area contributed by atoms with E-state index in [-0.39, 0.29) is 0 Å². The van der Waals surface area contributed by atoms with Gasteiger partial charge in [0.15, 0.2) is 0 Å². The van der Waals surface area contributed by atoms with Gasteiger partial charge in [-0.1, -0.05) is 19.3 Å². The molecular weight excluding hydrogens is 232 g/mol. The van der Waals surface area contributed by atoms with E-state index in [4.69, 9.17) is 0 Å². The molecule has 2 bridgehead atoms. The smallest absolute Gasteiger partial charge is 0.00472 e. The van der Waals surface area contributed by atoms with Gasteiger partial charge in [0.05, 0.1) is 0 Å². The molecule has 3 fully saturated rings. The largest absolute Gasteiger partial charge is 0.319 e. The first-order valence-electron chi connectivity index (χ1n) is 8.54. The van der Waals surface area contributed by atoms with Gasteiger partial charge in [-0.3, -0.25) is 0 Å². The molecule has 3 rings (SSSR count). The highest BCUT2D eigenvalue weighted by Gasteiger charge is 2.40. The van der Waals surface area contributed by atoms with E-state index in [1.807, 2.05) is 0 Å². The normalized spacial score (nSPS) is 36.5. The minimum absolute atomic E-state index is 0.584.